The summed E-state index contributed by atoms with van der Waals surface area (Å²) in [5.41, 5.74) is 5.16. The fraction of sp³-hybridized carbons (Fsp3) is 0.800. The van der Waals surface area contributed by atoms with Gasteiger partial charge < -0.3 is 25.7 Å². The first kappa shape index (κ1) is 20.2. The van der Waals surface area contributed by atoms with E-state index in [0.717, 1.165) is 0 Å². The van der Waals surface area contributed by atoms with E-state index in [2.05, 4.69) is 5.32 Å². The number of ether oxygens (including phenoxy) is 1. The Kier molecular flexibility index (Phi) is 7.43. The van der Waals surface area contributed by atoms with Crippen molar-refractivity contribution in [1.82, 2.24) is 10.4 Å². The number of nitrogens with two attached hydrogens (primary N) is 1. The molecule has 0 saturated carbocycles. The minimum absolute atomic E-state index is 0.139. The molecule has 0 aromatic carbocycles. The second-order valence-electron chi connectivity index (χ2n) is 6.68. The highest BCUT2D eigenvalue weighted by molar-refractivity contribution is 5.81. The normalized spacial score (nSPS) is 19.1. The van der Waals surface area contributed by atoms with Crippen molar-refractivity contribution in [1.29, 1.82) is 0 Å². The summed E-state index contributed by atoms with van der Waals surface area (Å²) in [6.07, 6.45) is 0.318. The number of aliphatic hydroxyl groups is 1. The molecule has 2 atom stereocenters. The fourth-order valence-electron chi connectivity index (χ4n) is 2.03. The number of carbonyl (C=O) groups is 3. The van der Waals surface area contributed by atoms with E-state index >= 15 is 0 Å². The van der Waals surface area contributed by atoms with Gasteiger partial charge in [-0.05, 0) is 40.0 Å². The van der Waals surface area contributed by atoms with Gasteiger partial charge in [0.1, 0.15) is 11.6 Å². The molecule has 1 aliphatic heterocycles. The average Bonchev–Trinajstić information content (AvgIpc) is 2.76. The van der Waals surface area contributed by atoms with Crippen molar-refractivity contribution in [3.8, 4) is 0 Å². The Morgan fingerprint density at radius 3 is 2.62 bits per heavy atom. The van der Waals surface area contributed by atoms with Crippen molar-refractivity contribution in [3.63, 3.8) is 0 Å². The zero-order valence-electron chi connectivity index (χ0n) is 14.4. The standard InChI is InChI=1S/C15H27N3O6/c1-15(2,3)23-14(22)17-9-5-4-6-10(16)13(21)24-18-11(19)7-8-12(18)20/h10-11,19H,4-9,16H2,1-3H3,(H,17,22). The van der Waals surface area contributed by atoms with Crippen molar-refractivity contribution < 1.29 is 29.1 Å². The number of alkyl carbamates (subject to hydrolysis) is 1. The van der Waals surface area contributed by atoms with E-state index in [1.165, 1.54) is 0 Å². The van der Waals surface area contributed by atoms with Gasteiger partial charge in [-0.3, -0.25) is 4.79 Å². The third-order valence-corrected chi connectivity index (χ3v) is 3.23. The van der Waals surface area contributed by atoms with Gasteiger partial charge >= 0.3 is 12.1 Å². The summed E-state index contributed by atoms with van der Waals surface area (Å²) in [4.78, 5) is 39.4. The van der Waals surface area contributed by atoms with Crippen LogP contribution in [0, 0.1) is 0 Å². The van der Waals surface area contributed by atoms with Crippen molar-refractivity contribution in [2.24, 2.45) is 5.73 Å². The molecule has 9 nitrogen and oxygen atoms in total. The number of nitrogens with zero attached hydrogens (tertiary/aromatic N) is 1. The number of hydrogen-bond acceptors (Lipinski definition) is 7. The quantitative estimate of drug-likeness (QED) is 0.569. The molecule has 24 heavy (non-hydrogen) atoms. The highest BCUT2D eigenvalue weighted by Gasteiger charge is 2.34. The lowest BCUT2D eigenvalue weighted by atomic mass is 10.1. The van der Waals surface area contributed by atoms with Gasteiger partial charge in [0.2, 0.25) is 0 Å². The summed E-state index contributed by atoms with van der Waals surface area (Å²) in [7, 11) is 0. The molecule has 0 radical (unpaired) electrons. The summed E-state index contributed by atoms with van der Waals surface area (Å²) < 4.78 is 5.09. The molecule has 0 aliphatic carbocycles. The van der Waals surface area contributed by atoms with Gasteiger partial charge in [0, 0.05) is 19.4 Å². The largest absolute Gasteiger partial charge is 0.444 e. The van der Waals surface area contributed by atoms with Gasteiger partial charge in [-0.1, -0.05) is 0 Å². The molecule has 1 fully saturated rings. The Labute approximate surface area is 141 Å². The van der Waals surface area contributed by atoms with Crippen LogP contribution in [-0.4, -0.2) is 52.6 Å². The predicted molar refractivity (Wildman–Crippen MR) is 84.2 cm³/mol. The van der Waals surface area contributed by atoms with Crippen LogP contribution in [0.15, 0.2) is 0 Å². The van der Waals surface area contributed by atoms with E-state index in [9.17, 15) is 19.5 Å². The average molecular weight is 345 g/mol. The van der Waals surface area contributed by atoms with Crippen molar-refractivity contribution >= 4 is 18.0 Å². The molecule has 0 spiro atoms. The van der Waals surface area contributed by atoms with Crippen LogP contribution in [0.25, 0.3) is 0 Å². The SMILES string of the molecule is CC(C)(C)OC(=O)NCCCCC(N)C(=O)ON1C(=O)CCC1O. The maximum atomic E-state index is 11.8. The molecule has 2 unspecified atom stereocenters. The van der Waals surface area contributed by atoms with Crippen LogP contribution in [-0.2, 0) is 19.2 Å². The summed E-state index contributed by atoms with van der Waals surface area (Å²) in [5.74, 6) is -1.20. The molecule has 138 valence electrons. The van der Waals surface area contributed by atoms with Crippen LogP contribution in [0.3, 0.4) is 0 Å². The van der Waals surface area contributed by atoms with E-state index in [1.54, 1.807) is 20.8 Å². The van der Waals surface area contributed by atoms with Gasteiger partial charge in [-0.25, -0.2) is 9.59 Å². The summed E-state index contributed by atoms with van der Waals surface area (Å²) in [6, 6.07) is -0.896. The van der Waals surface area contributed by atoms with E-state index in [0.29, 0.717) is 30.9 Å². The predicted octanol–water partition coefficient (Wildman–Crippen LogP) is 0.408. The Morgan fingerprint density at radius 2 is 2.08 bits per heavy atom. The van der Waals surface area contributed by atoms with E-state index < -0.39 is 35.8 Å². The molecule has 9 heteroatoms. The van der Waals surface area contributed by atoms with E-state index in [-0.39, 0.29) is 12.8 Å². The molecule has 1 heterocycles. The number of aliphatic hydroxyl groups excluding tert-OH is 1. The van der Waals surface area contributed by atoms with Gasteiger partial charge in [0.05, 0.1) is 0 Å². The minimum Gasteiger partial charge on any atom is -0.444 e. The number of hydrogen-bond donors (Lipinski definition) is 3. The molecular weight excluding hydrogens is 318 g/mol. The first-order valence-corrected chi connectivity index (χ1v) is 8.04. The molecular formula is C15H27N3O6. The van der Waals surface area contributed by atoms with Crippen molar-refractivity contribution in [2.45, 2.75) is 70.7 Å². The zero-order chi connectivity index (χ0) is 18.3. The maximum absolute atomic E-state index is 11.8. The lowest BCUT2D eigenvalue weighted by Crippen LogP contribution is -2.41. The van der Waals surface area contributed by atoms with Gasteiger partial charge in [-0.15, -0.1) is 5.06 Å². The lowest BCUT2D eigenvalue weighted by molar-refractivity contribution is -0.221. The molecule has 1 saturated heterocycles. The third-order valence-electron chi connectivity index (χ3n) is 3.23. The summed E-state index contributed by atoms with van der Waals surface area (Å²) in [5, 5.41) is 12.8. The summed E-state index contributed by atoms with van der Waals surface area (Å²) >= 11 is 0. The summed E-state index contributed by atoms with van der Waals surface area (Å²) in [6.45, 7) is 5.73. The second-order valence-corrected chi connectivity index (χ2v) is 6.68. The third kappa shape index (κ3) is 7.14. The number of hydroxylamine groups is 2. The molecule has 2 amide bonds. The van der Waals surface area contributed by atoms with Crippen molar-refractivity contribution in [3.05, 3.63) is 0 Å². The number of carbonyl (C=O) groups excluding carboxylic acids is 3. The number of amides is 2. The lowest BCUT2D eigenvalue weighted by Gasteiger charge is -2.21. The second kappa shape index (κ2) is 8.84. The molecule has 0 aromatic rings. The van der Waals surface area contributed by atoms with Crippen LogP contribution in [0.2, 0.25) is 0 Å². The van der Waals surface area contributed by atoms with Crippen LogP contribution >= 0.6 is 0 Å². The first-order chi connectivity index (χ1) is 11.1. The number of rotatable bonds is 7. The smallest absolute Gasteiger partial charge is 0.407 e. The molecule has 1 rings (SSSR count). The minimum atomic E-state index is -1.10. The molecule has 0 aromatic heterocycles. The van der Waals surface area contributed by atoms with E-state index in [1.807, 2.05) is 0 Å². The highest BCUT2D eigenvalue weighted by atomic mass is 16.7. The molecule has 1 aliphatic rings. The van der Waals surface area contributed by atoms with Gasteiger partial charge in [0.15, 0.2) is 6.23 Å². The topological polar surface area (TPSA) is 131 Å². The molecule has 0 bridgehead atoms. The molecule has 4 N–H and O–H groups in total. The Morgan fingerprint density at radius 1 is 1.42 bits per heavy atom. The van der Waals surface area contributed by atoms with Gasteiger partial charge in [-0.2, -0.15) is 0 Å². The van der Waals surface area contributed by atoms with Gasteiger partial charge in [0.25, 0.3) is 5.91 Å². The van der Waals surface area contributed by atoms with Crippen LogP contribution in [0.1, 0.15) is 52.9 Å². The number of nitrogens with one attached hydrogen (secondary N) is 1. The van der Waals surface area contributed by atoms with Crippen LogP contribution in [0.4, 0.5) is 4.79 Å². The highest BCUT2D eigenvalue weighted by Crippen LogP contribution is 2.17. The monoisotopic (exact) mass is 345 g/mol. The number of unbranched alkanes of at least 4 members (excludes halogenated alkanes) is 1. The van der Waals surface area contributed by atoms with Crippen LogP contribution in [0.5, 0.6) is 0 Å². The Balaban J connectivity index is 2.17. The fourth-order valence-corrected chi connectivity index (χ4v) is 2.03. The maximum Gasteiger partial charge on any atom is 0.407 e. The van der Waals surface area contributed by atoms with Crippen LogP contribution < -0.4 is 11.1 Å². The van der Waals surface area contributed by atoms with Crippen molar-refractivity contribution in [2.75, 3.05) is 6.54 Å². The zero-order valence-corrected chi connectivity index (χ0v) is 14.4. The Bertz CT molecular complexity index is 463. The first-order valence-electron chi connectivity index (χ1n) is 8.04. The Hall–Kier alpha value is -1.87. The van der Waals surface area contributed by atoms with E-state index in [4.69, 9.17) is 15.3 Å².